The number of benzene rings is 2. The minimum Gasteiger partial charge on any atom is -0.465 e. The molecule has 0 saturated heterocycles. The van der Waals surface area contributed by atoms with E-state index in [-0.39, 0.29) is 11.5 Å². The van der Waals surface area contributed by atoms with Crippen LogP contribution in [0.2, 0.25) is 0 Å². The van der Waals surface area contributed by atoms with Crippen LogP contribution in [0.5, 0.6) is 0 Å². The molecule has 132 valence electrons. The lowest BCUT2D eigenvalue weighted by Crippen LogP contribution is -2.22. The fourth-order valence-electron chi connectivity index (χ4n) is 2.73. The van der Waals surface area contributed by atoms with Crippen molar-refractivity contribution in [1.82, 2.24) is 0 Å². The largest absolute Gasteiger partial charge is 0.465 e. The first-order chi connectivity index (χ1) is 12.0. The van der Waals surface area contributed by atoms with Gasteiger partial charge in [0, 0.05) is 24.5 Å². The topological polar surface area (TPSA) is 58.6 Å². The van der Waals surface area contributed by atoms with Gasteiger partial charge in [0.05, 0.1) is 18.2 Å². The Balaban J connectivity index is 2.26. The molecule has 2 aromatic carbocycles. The lowest BCUT2D eigenvalue weighted by Gasteiger charge is -2.22. The van der Waals surface area contributed by atoms with Gasteiger partial charge in [-0.1, -0.05) is 12.1 Å². The van der Waals surface area contributed by atoms with E-state index in [1.165, 1.54) is 7.11 Å². The Bertz CT molecular complexity index is 767. The number of methoxy groups -OCH3 is 1. The van der Waals surface area contributed by atoms with E-state index in [9.17, 15) is 9.59 Å². The molecule has 0 aliphatic rings. The molecule has 0 aliphatic heterocycles. The molecular weight excluding hydrogens is 316 g/mol. The van der Waals surface area contributed by atoms with Gasteiger partial charge in [-0.15, -0.1) is 0 Å². The Labute approximate surface area is 148 Å². The molecule has 2 aromatic rings. The van der Waals surface area contributed by atoms with Crippen LogP contribution in [0.1, 0.15) is 40.1 Å². The number of hydrogen-bond donors (Lipinski definition) is 1. The van der Waals surface area contributed by atoms with E-state index in [0.717, 1.165) is 30.0 Å². The standard InChI is InChI=1S/C20H24N2O3/c1-5-22(6-2)15-11-12-18(14(3)13-15)21-19(23)16-9-7-8-10-17(16)20(24)25-4/h7-13H,5-6H2,1-4H3,(H,21,23). The van der Waals surface area contributed by atoms with Crippen LogP contribution in [-0.4, -0.2) is 32.1 Å². The predicted molar refractivity (Wildman–Crippen MR) is 100 cm³/mol. The number of nitrogens with zero attached hydrogens (tertiary/aromatic N) is 1. The Morgan fingerprint density at radius 1 is 1.04 bits per heavy atom. The van der Waals surface area contributed by atoms with Gasteiger partial charge in [0.2, 0.25) is 0 Å². The molecule has 0 aromatic heterocycles. The number of nitrogens with one attached hydrogen (secondary N) is 1. The SMILES string of the molecule is CCN(CC)c1ccc(NC(=O)c2ccccc2C(=O)OC)c(C)c1. The second kappa shape index (κ2) is 8.33. The first-order valence-electron chi connectivity index (χ1n) is 8.36. The summed E-state index contributed by atoms with van der Waals surface area (Å²) in [6.45, 7) is 8.02. The number of anilines is 2. The highest BCUT2D eigenvalue weighted by atomic mass is 16.5. The van der Waals surface area contributed by atoms with Gasteiger partial charge in [-0.05, 0) is 56.7 Å². The van der Waals surface area contributed by atoms with Crippen molar-refractivity contribution in [2.45, 2.75) is 20.8 Å². The van der Waals surface area contributed by atoms with E-state index < -0.39 is 5.97 Å². The van der Waals surface area contributed by atoms with Crippen molar-refractivity contribution in [2.75, 3.05) is 30.4 Å². The van der Waals surface area contributed by atoms with E-state index >= 15 is 0 Å². The van der Waals surface area contributed by atoms with Crippen molar-refractivity contribution in [3.63, 3.8) is 0 Å². The zero-order chi connectivity index (χ0) is 18.4. The van der Waals surface area contributed by atoms with E-state index in [0.29, 0.717) is 5.56 Å². The monoisotopic (exact) mass is 340 g/mol. The van der Waals surface area contributed by atoms with Gasteiger partial charge in [0.1, 0.15) is 0 Å². The third kappa shape index (κ3) is 4.18. The number of amides is 1. The third-order valence-corrected chi connectivity index (χ3v) is 4.16. The van der Waals surface area contributed by atoms with Crippen LogP contribution >= 0.6 is 0 Å². The Morgan fingerprint density at radius 2 is 1.68 bits per heavy atom. The summed E-state index contributed by atoms with van der Waals surface area (Å²) < 4.78 is 4.74. The van der Waals surface area contributed by atoms with Crippen LogP contribution in [-0.2, 0) is 4.74 Å². The molecular formula is C20H24N2O3. The molecule has 0 fully saturated rings. The van der Waals surface area contributed by atoms with Gasteiger partial charge in [-0.3, -0.25) is 4.79 Å². The van der Waals surface area contributed by atoms with Crippen LogP contribution in [0.4, 0.5) is 11.4 Å². The van der Waals surface area contributed by atoms with Gasteiger partial charge >= 0.3 is 5.97 Å². The molecule has 0 radical (unpaired) electrons. The molecule has 0 aliphatic carbocycles. The summed E-state index contributed by atoms with van der Waals surface area (Å²) >= 11 is 0. The molecule has 0 spiro atoms. The van der Waals surface area contributed by atoms with Crippen molar-refractivity contribution >= 4 is 23.3 Å². The molecule has 5 heteroatoms. The van der Waals surface area contributed by atoms with Gasteiger partial charge in [0.25, 0.3) is 5.91 Å². The molecule has 0 bridgehead atoms. The zero-order valence-corrected chi connectivity index (χ0v) is 15.1. The van der Waals surface area contributed by atoms with E-state index in [4.69, 9.17) is 4.74 Å². The average Bonchev–Trinajstić information content (AvgIpc) is 2.64. The molecule has 0 atom stereocenters. The molecule has 2 rings (SSSR count). The maximum absolute atomic E-state index is 12.6. The lowest BCUT2D eigenvalue weighted by molar-refractivity contribution is 0.0597. The maximum atomic E-state index is 12.6. The smallest absolute Gasteiger partial charge is 0.338 e. The van der Waals surface area contributed by atoms with Crippen molar-refractivity contribution < 1.29 is 14.3 Å². The van der Waals surface area contributed by atoms with Crippen LogP contribution < -0.4 is 10.2 Å². The summed E-state index contributed by atoms with van der Waals surface area (Å²) in [4.78, 5) is 26.7. The fraction of sp³-hybridized carbons (Fsp3) is 0.300. The molecule has 0 saturated carbocycles. The van der Waals surface area contributed by atoms with E-state index in [1.807, 2.05) is 19.1 Å². The Hall–Kier alpha value is -2.82. The quantitative estimate of drug-likeness (QED) is 0.811. The van der Waals surface area contributed by atoms with Gasteiger partial charge < -0.3 is 15.0 Å². The normalized spacial score (nSPS) is 10.2. The number of ether oxygens (including phenoxy) is 1. The van der Waals surface area contributed by atoms with Crippen molar-refractivity contribution in [3.05, 3.63) is 59.2 Å². The molecule has 5 nitrogen and oxygen atoms in total. The second-order valence-corrected chi connectivity index (χ2v) is 5.66. The Kier molecular flexibility index (Phi) is 6.17. The fourth-order valence-corrected chi connectivity index (χ4v) is 2.73. The predicted octanol–water partition coefficient (Wildman–Crippen LogP) is 3.88. The highest BCUT2D eigenvalue weighted by Gasteiger charge is 2.17. The van der Waals surface area contributed by atoms with Crippen LogP contribution in [0.25, 0.3) is 0 Å². The van der Waals surface area contributed by atoms with Crippen molar-refractivity contribution in [3.8, 4) is 0 Å². The minimum absolute atomic E-state index is 0.250. The number of carbonyl (C=O) groups excluding carboxylic acids is 2. The lowest BCUT2D eigenvalue weighted by atomic mass is 10.1. The molecule has 0 heterocycles. The third-order valence-electron chi connectivity index (χ3n) is 4.16. The van der Waals surface area contributed by atoms with Crippen LogP contribution in [0, 0.1) is 6.92 Å². The van der Waals surface area contributed by atoms with Gasteiger partial charge in [-0.2, -0.15) is 0 Å². The number of aryl methyl sites for hydroxylation is 1. The zero-order valence-electron chi connectivity index (χ0n) is 15.1. The van der Waals surface area contributed by atoms with Crippen molar-refractivity contribution in [2.24, 2.45) is 0 Å². The number of esters is 1. The summed E-state index contributed by atoms with van der Waals surface area (Å²) in [6, 6.07) is 12.5. The number of carbonyl (C=O) groups is 2. The number of hydrogen-bond acceptors (Lipinski definition) is 4. The summed E-state index contributed by atoms with van der Waals surface area (Å²) in [5.41, 5.74) is 3.35. The number of rotatable bonds is 6. The average molecular weight is 340 g/mol. The molecule has 1 N–H and O–H groups in total. The van der Waals surface area contributed by atoms with E-state index in [1.54, 1.807) is 24.3 Å². The molecule has 25 heavy (non-hydrogen) atoms. The van der Waals surface area contributed by atoms with Gasteiger partial charge in [-0.25, -0.2) is 4.79 Å². The highest BCUT2D eigenvalue weighted by molar-refractivity contribution is 6.11. The highest BCUT2D eigenvalue weighted by Crippen LogP contribution is 2.23. The maximum Gasteiger partial charge on any atom is 0.338 e. The first kappa shape index (κ1) is 18.5. The molecule has 1 amide bonds. The van der Waals surface area contributed by atoms with E-state index in [2.05, 4.69) is 30.1 Å². The van der Waals surface area contributed by atoms with Crippen molar-refractivity contribution in [1.29, 1.82) is 0 Å². The Morgan fingerprint density at radius 3 is 2.24 bits per heavy atom. The second-order valence-electron chi connectivity index (χ2n) is 5.66. The summed E-state index contributed by atoms with van der Waals surface area (Å²) in [6.07, 6.45) is 0. The summed E-state index contributed by atoms with van der Waals surface area (Å²) in [7, 11) is 1.30. The summed E-state index contributed by atoms with van der Waals surface area (Å²) in [5, 5.41) is 2.88. The summed E-state index contributed by atoms with van der Waals surface area (Å²) in [5.74, 6) is -0.862. The molecule has 0 unspecified atom stereocenters. The minimum atomic E-state index is -0.528. The van der Waals surface area contributed by atoms with Crippen LogP contribution in [0.3, 0.4) is 0 Å². The van der Waals surface area contributed by atoms with Crippen LogP contribution in [0.15, 0.2) is 42.5 Å². The van der Waals surface area contributed by atoms with Gasteiger partial charge in [0.15, 0.2) is 0 Å². The first-order valence-corrected chi connectivity index (χ1v) is 8.36.